The van der Waals surface area contributed by atoms with Gasteiger partial charge in [-0.3, -0.25) is 0 Å². The summed E-state index contributed by atoms with van der Waals surface area (Å²) < 4.78 is 69.5. The summed E-state index contributed by atoms with van der Waals surface area (Å²) in [5.41, 5.74) is -1.33. The summed E-state index contributed by atoms with van der Waals surface area (Å²) in [5, 5.41) is -0.481. The van der Waals surface area contributed by atoms with Crippen molar-refractivity contribution in [3.8, 4) is 11.3 Å². The minimum absolute atomic E-state index is 0.0600. The van der Waals surface area contributed by atoms with Crippen LogP contribution in [0.4, 0.5) is 23.8 Å². The summed E-state index contributed by atoms with van der Waals surface area (Å²) in [6, 6.07) is 5.99. The molecule has 0 bridgehead atoms. The maximum absolute atomic E-state index is 13.2. The van der Waals surface area contributed by atoms with Gasteiger partial charge in [-0.1, -0.05) is 12.1 Å². The number of aromatic nitrogens is 2. The Bertz CT molecular complexity index is 1160. The van der Waals surface area contributed by atoms with Gasteiger partial charge >= 0.3 is 12.3 Å². The molecule has 3 rings (SSSR count). The van der Waals surface area contributed by atoms with Crippen molar-refractivity contribution in [2.75, 3.05) is 37.3 Å². The van der Waals surface area contributed by atoms with Crippen LogP contribution in [0.5, 0.6) is 0 Å². The van der Waals surface area contributed by atoms with Gasteiger partial charge in [0.05, 0.1) is 11.3 Å². The number of hydrogen-bond donors (Lipinski definition) is 0. The van der Waals surface area contributed by atoms with E-state index in [0.29, 0.717) is 32.6 Å². The molecule has 1 fully saturated rings. The first-order chi connectivity index (χ1) is 15.6. The minimum atomic E-state index is -4.55. The lowest BCUT2D eigenvalue weighted by Gasteiger charge is -2.26. The van der Waals surface area contributed by atoms with Crippen molar-refractivity contribution in [3.63, 3.8) is 0 Å². The Morgan fingerprint density at radius 2 is 1.74 bits per heavy atom. The maximum atomic E-state index is 13.2. The van der Waals surface area contributed by atoms with E-state index in [1.807, 2.05) is 0 Å². The lowest BCUT2D eigenvalue weighted by molar-refractivity contribution is -0.137. The molecule has 8 nitrogen and oxygen atoms in total. The Labute approximate surface area is 196 Å². The van der Waals surface area contributed by atoms with Crippen molar-refractivity contribution < 1.29 is 31.1 Å². The van der Waals surface area contributed by atoms with Crippen molar-refractivity contribution in [2.24, 2.45) is 0 Å². The van der Waals surface area contributed by atoms with Gasteiger partial charge in [0.25, 0.3) is 0 Å². The number of hydrogen-bond acceptors (Lipinski definition) is 7. The predicted molar refractivity (Wildman–Crippen MR) is 120 cm³/mol. The van der Waals surface area contributed by atoms with Crippen LogP contribution >= 0.6 is 0 Å². The average Bonchev–Trinajstić information content (AvgIpc) is 2.97. The smallest absolute Gasteiger partial charge is 0.416 e. The second-order valence-electron chi connectivity index (χ2n) is 9.05. The lowest BCUT2D eigenvalue weighted by Crippen LogP contribution is -2.39. The predicted octanol–water partition coefficient (Wildman–Crippen LogP) is 4.01. The number of carbonyl (C=O) groups excluding carboxylic acids is 1. The number of amides is 1. The highest BCUT2D eigenvalue weighted by atomic mass is 32.2. The molecule has 1 aliphatic rings. The van der Waals surface area contributed by atoms with E-state index in [9.17, 15) is 26.4 Å². The van der Waals surface area contributed by atoms with Gasteiger partial charge in [-0.2, -0.15) is 13.2 Å². The third-order valence-corrected chi connectivity index (χ3v) is 5.83. The minimum Gasteiger partial charge on any atom is -0.444 e. The van der Waals surface area contributed by atoms with Crippen LogP contribution in [0.2, 0.25) is 0 Å². The van der Waals surface area contributed by atoms with Gasteiger partial charge in [0.15, 0.2) is 0 Å². The molecule has 2 aromatic rings. The van der Waals surface area contributed by atoms with E-state index < -0.39 is 38.4 Å². The van der Waals surface area contributed by atoms with Crippen molar-refractivity contribution in [1.29, 1.82) is 0 Å². The van der Waals surface area contributed by atoms with Crippen molar-refractivity contribution >= 4 is 21.7 Å². The molecule has 1 saturated heterocycles. The van der Waals surface area contributed by atoms with Crippen LogP contribution in [0.1, 0.15) is 32.8 Å². The van der Waals surface area contributed by atoms with Gasteiger partial charge in [-0.05, 0) is 39.3 Å². The zero-order chi connectivity index (χ0) is 25.3. The zero-order valence-corrected chi connectivity index (χ0v) is 20.2. The van der Waals surface area contributed by atoms with Crippen LogP contribution in [-0.4, -0.2) is 67.4 Å². The largest absolute Gasteiger partial charge is 0.444 e. The van der Waals surface area contributed by atoms with Crippen molar-refractivity contribution in [1.82, 2.24) is 14.9 Å². The van der Waals surface area contributed by atoms with Crippen LogP contribution in [0.25, 0.3) is 11.3 Å². The molecule has 1 aromatic carbocycles. The highest BCUT2D eigenvalue weighted by Crippen LogP contribution is 2.32. The molecular weight excluding hydrogens is 473 g/mol. The zero-order valence-electron chi connectivity index (χ0n) is 19.4. The average molecular weight is 501 g/mol. The summed E-state index contributed by atoms with van der Waals surface area (Å²) in [4.78, 5) is 24.0. The van der Waals surface area contributed by atoms with Gasteiger partial charge in [0.1, 0.15) is 11.4 Å². The summed E-state index contributed by atoms with van der Waals surface area (Å²) in [6.07, 6.45) is -3.49. The normalized spacial score (nSPS) is 15.7. The van der Waals surface area contributed by atoms with Gasteiger partial charge < -0.3 is 14.5 Å². The first-order valence-corrected chi connectivity index (χ1v) is 12.5. The van der Waals surface area contributed by atoms with Crippen molar-refractivity contribution in [3.05, 3.63) is 35.9 Å². The van der Waals surface area contributed by atoms with Crippen LogP contribution in [0.15, 0.2) is 35.5 Å². The summed E-state index contributed by atoms with van der Waals surface area (Å²) in [6.45, 7) is 6.87. The lowest BCUT2D eigenvalue weighted by atomic mass is 10.1. The Balaban J connectivity index is 1.94. The van der Waals surface area contributed by atoms with E-state index in [-0.39, 0.29) is 17.1 Å². The quantitative estimate of drug-likeness (QED) is 0.588. The molecule has 1 amide bonds. The number of nitrogens with zero attached hydrogens (tertiary/aromatic N) is 4. The molecular formula is C22H27F3N4O4S. The highest BCUT2D eigenvalue weighted by molar-refractivity contribution is 7.90. The second kappa shape index (κ2) is 9.40. The molecule has 12 heteroatoms. The standard InChI is InChI=1S/C22H27F3N4O4S/c1-21(2,3)33-20(30)29-10-6-9-28(11-12-29)18-14-17(26-19(27-18)34(4,31)32)15-7-5-8-16(13-15)22(23,24)25/h5,7-8,13-14H,6,9-12H2,1-4H3. The number of sulfone groups is 1. The number of alkyl halides is 3. The Morgan fingerprint density at radius 3 is 2.35 bits per heavy atom. The van der Waals surface area contributed by atoms with Crippen LogP contribution in [-0.2, 0) is 20.8 Å². The number of anilines is 1. The van der Waals surface area contributed by atoms with E-state index >= 15 is 0 Å². The SMILES string of the molecule is CC(C)(C)OC(=O)N1CCCN(c2cc(-c3cccc(C(F)(F)F)c3)nc(S(C)(=O)=O)n2)CC1. The third-order valence-electron chi connectivity index (χ3n) is 4.98. The van der Waals surface area contributed by atoms with Crippen LogP contribution < -0.4 is 4.90 Å². The first-order valence-electron chi connectivity index (χ1n) is 10.6. The molecule has 34 heavy (non-hydrogen) atoms. The molecule has 0 N–H and O–H groups in total. The molecule has 0 spiro atoms. The Hall–Kier alpha value is -2.89. The summed E-state index contributed by atoms with van der Waals surface area (Å²) in [7, 11) is -3.84. The second-order valence-corrected chi connectivity index (χ2v) is 11.0. The molecule has 0 radical (unpaired) electrons. The van der Waals surface area contributed by atoms with Crippen LogP contribution in [0, 0.1) is 0 Å². The number of carbonyl (C=O) groups is 1. The van der Waals surface area contributed by atoms with Gasteiger partial charge in [0.2, 0.25) is 15.0 Å². The highest BCUT2D eigenvalue weighted by Gasteiger charge is 2.31. The van der Waals surface area contributed by atoms with E-state index in [0.717, 1.165) is 18.4 Å². The topological polar surface area (TPSA) is 92.7 Å². The van der Waals surface area contributed by atoms with Crippen molar-refractivity contribution in [2.45, 2.75) is 44.1 Å². The molecule has 0 aliphatic carbocycles. The van der Waals surface area contributed by atoms with Gasteiger partial charge in [-0.25, -0.2) is 23.2 Å². The molecule has 0 unspecified atom stereocenters. The molecule has 0 atom stereocenters. The monoisotopic (exact) mass is 500 g/mol. The van der Waals surface area contributed by atoms with E-state index in [1.165, 1.54) is 18.2 Å². The first kappa shape index (κ1) is 25.7. The van der Waals surface area contributed by atoms with Gasteiger partial charge in [-0.15, -0.1) is 0 Å². The number of rotatable bonds is 3. The summed E-state index contributed by atoms with van der Waals surface area (Å²) in [5.74, 6) is 0.258. The summed E-state index contributed by atoms with van der Waals surface area (Å²) >= 11 is 0. The fourth-order valence-electron chi connectivity index (χ4n) is 3.40. The Kier molecular flexibility index (Phi) is 7.11. The van der Waals surface area contributed by atoms with Crippen LogP contribution in [0.3, 0.4) is 0 Å². The van der Waals surface area contributed by atoms with Gasteiger partial charge in [0, 0.05) is 44.1 Å². The number of benzene rings is 1. The van der Waals surface area contributed by atoms with E-state index in [4.69, 9.17) is 4.74 Å². The molecule has 186 valence electrons. The maximum Gasteiger partial charge on any atom is 0.416 e. The molecule has 1 aromatic heterocycles. The number of halogens is 3. The molecule has 1 aliphatic heterocycles. The fraction of sp³-hybridized carbons (Fsp3) is 0.500. The van der Waals surface area contributed by atoms with E-state index in [1.54, 1.807) is 30.6 Å². The van der Waals surface area contributed by atoms with E-state index in [2.05, 4.69) is 9.97 Å². The Morgan fingerprint density at radius 1 is 1.03 bits per heavy atom. The third kappa shape index (κ3) is 6.58. The molecule has 2 heterocycles. The fourth-order valence-corrected chi connectivity index (χ4v) is 3.92. The number of ether oxygens (including phenoxy) is 1. The molecule has 0 saturated carbocycles.